The van der Waals surface area contributed by atoms with E-state index in [1.54, 1.807) is 24.5 Å². The van der Waals surface area contributed by atoms with Crippen LogP contribution in [0.15, 0.2) is 73.1 Å². The molecule has 6 fully saturated rings. The number of hydrogen-bond acceptors (Lipinski definition) is 22. The van der Waals surface area contributed by atoms with E-state index in [0.29, 0.717) is 99.9 Å². The molecule has 2 saturated heterocycles. The number of amides is 4. The van der Waals surface area contributed by atoms with Crippen LogP contribution < -0.4 is 38.2 Å². The van der Waals surface area contributed by atoms with Crippen molar-refractivity contribution in [3.63, 3.8) is 0 Å². The number of nitrogens with zero attached hydrogens (tertiary/aromatic N) is 6. The number of anilines is 2. The number of Topliss-reactive ketones (excluding diaryl/α,β-unsaturated/α-hetero) is 2. The molecule has 0 spiro atoms. The molecule has 26 nitrogen and oxygen atoms in total. The van der Waals surface area contributed by atoms with Gasteiger partial charge in [0.2, 0.25) is 66.6 Å². The minimum atomic E-state index is -4.89. The lowest BCUT2D eigenvalue weighted by Gasteiger charge is -2.34. The van der Waals surface area contributed by atoms with Gasteiger partial charge in [0.15, 0.2) is 23.1 Å². The molecule has 4 saturated carbocycles. The topological polar surface area (TPSA) is 323 Å². The molecule has 2 aromatic carbocycles. The van der Waals surface area contributed by atoms with Gasteiger partial charge in [-0.2, -0.15) is 26.3 Å². The summed E-state index contributed by atoms with van der Waals surface area (Å²) in [5.74, 6) is -9.40. The predicted molar refractivity (Wildman–Crippen MR) is 441 cm³/mol. The van der Waals surface area contributed by atoms with E-state index in [1.807, 2.05) is 90.4 Å². The Morgan fingerprint density at radius 1 is 0.548 bits per heavy atom. The third-order valence-corrected chi connectivity index (χ3v) is 31.8. The highest BCUT2D eigenvalue weighted by Gasteiger charge is 2.66. The van der Waals surface area contributed by atoms with Crippen molar-refractivity contribution in [2.45, 2.75) is 241 Å². The Bertz CT molecular complexity index is 4770. The molecule has 2 aromatic heterocycles. The Balaban J connectivity index is 0.000000213. The molecule has 36 heteroatoms. The summed E-state index contributed by atoms with van der Waals surface area (Å²) < 4.78 is 200. The SMILES string of the molecule is CC[C@@H]1C[C@@H](C)CC/C=C\[C@@H]2C[C@@]2(C(=O)NS(=O)(=O)C2(CF)CC2)CC(=O)[C@@H]2C[C@@H](Oc3nccc4c5c(ccc34)N(C)CCO5)CN2C(=O)[C@H]1CC(=O)OC(C)(C)C(F)(F)F.CC[C@@H]1C[C@H](C)CC/C=C\[C@@H]2C[C@@]2(C(=O)NS(=O)(=O)C2(CF)CC2)CC(=O)[C@@H]2C[C@@H](Oc3nccc4c5c(ccc34)N(C)CCO5)CN2C(=O)[C@H]1CC(=O)OC(C)(C)C(F)(F)F. The van der Waals surface area contributed by atoms with Crippen LogP contribution in [0.5, 0.6) is 23.3 Å². The maximum Gasteiger partial charge on any atom is 0.427 e. The first-order chi connectivity index (χ1) is 58.3. The molecule has 14 rings (SSSR count). The second-order valence-corrected chi connectivity index (χ2v) is 41.2. The first kappa shape index (κ1) is 92.7. The van der Waals surface area contributed by atoms with E-state index in [4.69, 9.17) is 28.4 Å². The summed E-state index contributed by atoms with van der Waals surface area (Å²) in [7, 11) is -4.94. The number of hydrogen-bond donors (Lipinski definition) is 2. The highest BCUT2D eigenvalue weighted by molar-refractivity contribution is 7.92. The number of pyridine rings is 2. The quantitative estimate of drug-likeness (QED) is 0.0471. The standard InChI is InChI=1S/2C44H56F4N4O9S/c2*1-6-27-19-26(2)9-7-8-10-28-22-43(28,40(56)50-62(57,58)42(25-45)14-15-42)23-35(53)34-20-29(24-52(34)39(55)32(27)21-36(54)61-41(3,4)44(46,47)48)60-38-31-11-12-33-37(30(31)13-16-49-38)59-18-17-51(33)5/h2*8,10-13,16,26-29,32,34H,6-7,9,14-15,17-25H2,1-5H3,(H,50,56)/b2*10-8-/t26-,27+,28+,29+,32-,34-,43+;26-,27-,28-,29-,32+,34+,43-/m01/s1. The van der Waals surface area contributed by atoms with Crippen molar-refractivity contribution in [2.75, 3.05) is 76.6 Å². The average molecular weight is 1790 g/mol. The summed E-state index contributed by atoms with van der Waals surface area (Å²) in [5.41, 5.74) is -6.93. The molecule has 124 heavy (non-hydrogen) atoms. The number of likely N-dealkylation sites (N-methyl/N-ethyl adjacent to an activating group) is 2. The van der Waals surface area contributed by atoms with Gasteiger partial charge >= 0.3 is 24.3 Å². The lowest BCUT2D eigenvalue weighted by molar-refractivity contribution is -0.257. The van der Waals surface area contributed by atoms with Crippen LogP contribution in [0.4, 0.5) is 46.5 Å². The fourth-order valence-electron chi connectivity index (χ4n) is 18.7. The molecule has 10 aliphatic rings. The number of aromatic nitrogens is 2. The maximum absolute atomic E-state index is 15.1. The van der Waals surface area contributed by atoms with Crippen molar-refractivity contribution in [3.8, 4) is 23.3 Å². The fourth-order valence-corrected chi connectivity index (χ4v) is 21.6. The van der Waals surface area contributed by atoms with Gasteiger partial charge in [0.05, 0.1) is 85.1 Å². The zero-order valence-electron chi connectivity index (χ0n) is 71.5. The van der Waals surface area contributed by atoms with Crippen LogP contribution in [0.2, 0.25) is 0 Å². The van der Waals surface area contributed by atoms with Crippen molar-refractivity contribution in [2.24, 2.45) is 58.2 Å². The van der Waals surface area contributed by atoms with E-state index in [-0.39, 0.29) is 88.1 Å². The van der Waals surface area contributed by atoms with Crippen LogP contribution in [-0.4, -0.2) is 208 Å². The van der Waals surface area contributed by atoms with Crippen molar-refractivity contribution >= 4 is 100 Å². The number of sulfonamides is 2. The molecule has 0 radical (unpaired) electrons. The zero-order valence-corrected chi connectivity index (χ0v) is 73.2. The summed E-state index contributed by atoms with van der Waals surface area (Å²) in [6.45, 7) is 10.2. The number of ketones is 2. The first-order valence-corrected chi connectivity index (χ1v) is 45.9. The maximum atomic E-state index is 15.1. The molecule has 8 heterocycles. The molecule has 0 unspecified atom stereocenters. The van der Waals surface area contributed by atoms with Gasteiger partial charge in [0.25, 0.3) is 0 Å². The van der Waals surface area contributed by atoms with Crippen LogP contribution in [0.1, 0.15) is 184 Å². The fraction of sp³-hybridized carbons (Fsp3) is 0.659. The van der Waals surface area contributed by atoms with E-state index in [9.17, 15) is 80.7 Å². The highest BCUT2D eigenvalue weighted by Crippen LogP contribution is 2.60. The normalized spacial score (nSPS) is 29.6. The van der Waals surface area contributed by atoms with Gasteiger partial charge in [-0.15, -0.1) is 0 Å². The van der Waals surface area contributed by atoms with E-state index in [2.05, 4.69) is 29.2 Å². The summed E-state index contributed by atoms with van der Waals surface area (Å²) in [6, 6.07) is 8.59. The lowest BCUT2D eigenvalue weighted by atomic mass is 9.79. The van der Waals surface area contributed by atoms with Crippen molar-refractivity contribution in [3.05, 3.63) is 73.1 Å². The number of carbonyl (C=O) groups excluding carboxylic acids is 8. The summed E-state index contributed by atoms with van der Waals surface area (Å²) in [4.78, 5) is 130. The third-order valence-electron chi connectivity index (χ3n) is 27.6. The third kappa shape index (κ3) is 18.8. The lowest BCUT2D eigenvalue weighted by Crippen LogP contribution is -2.49. The number of esters is 2. The minimum absolute atomic E-state index is 0.0143. The van der Waals surface area contributed by atoms with Crippen molar-refractivity contribution < 1.29 is 119 Å². The van der Waals surface area contributed by atoms with Gasteiger partial charge in [-0.1, -0.05) is 64.8 Å². The number of ether oxygens (including phenoxy) is 6. The second kappa shape index (κ2) is 35.3. The molecule has 14 atom stereocenters. The minimum Gasteiger partial charge on any atom is -0.489 e. The number of alkyl halides is 8. The molecule has 680 valence electrons. The monoisotopic (exact) mass is 1780 g/mol. The average Bonchev–Trinajstić information content (AvgIpc) is 1.58. The number of allylic oxidation sites excluding steroid dienone is 4. The summed E-state index contributed by atoms with van der Waals surface area (Å²) >= 11 is 0. The number of fused-ring (bicyclic) bond motifs is 10. The number of nitrogens with one attached hydrogen (secondary N) is 2. The van der Waals surface area contributed by atoms with E-state index < -0.39 is 210 Å². The van der Waals surface area contributed by atoms with Crippen LogP contribution in [-0.2, 0) is 67.9 Å². The largest absolute Gasteiger partial charge is 0.489 e. The van der Waals surface area contributed by atoms with Crippen LogP contribution in [0.25, 0.3) is 21.5 Å². The highest BCUT2D eigenvalue weighted by atomic mass is 32.2. The second-order valence-electron chi connectivity index (χ2n) is 37.1. The molecular formula is C88H112F8N8O18S2. The van der Waals surface area contributed by atoms with Gasteiger partial charge in [0, 0.05) is 73.7 Å². The first-order valence-electron chi connectivity index (χ1n) is 43.0. The number of benzene rings is 2. The Labute approximate surface area is 716 Å². The zero-order chi connectivity index (χ0) is 90.0. The van der Waals surface area contributed by atoms with Gasteiger partial charge < -0.3 is 48.0 Å². The number of rotatable bonds is 20. The van der Waals surface area contributed by atoms with Gasteiger partial charge in [0.1, 0.15) is 48.3 Å². The van der Waals surface area contributed by atoms with Crippen molar-refractivity contribution in [1.82, 2.24) is 29.2 Å². The smallest absolute Gasteiger partial charge is 0.427 e. The van der Waals surface area contributed by atoms with E-state index >= 15 is 9.59 Å². The molecule has 4 aliphatic carbocycles. The Morgan fingerprint density at radius 3 is 1.26 bits per heavy atom. The van der Waals surface area contributed by atoms with Crippen LogP contribution in [0, 0.1) is 58.2 Å². The van der Waals surface area contributed by atoms with Gasteiger partial charge in [-0.3, -0.25) is 47.8 Å². The Morgan fingerprint density at radius 2 is 0.919 bits per heavy atom. The summed E-state index contributed by atoms with van der Waals surface area (Å²) in [5, 5.41) is 2.69. The predicted octanol–water partition coefficient (Wildman–Crippen LogP) is 13.2. The number of carbonyl (C=O) groups is 8. The summed E-state index contributed by atoms with van der Waals surface area (Å²) in [6.07, 6.45) is 1.09. The van der Waals surface area contributed by atoms with E-state index in [0.717, 1.165) is 49.8 Å². The molecule has 6 aliphatic heterocycles. The van der Waals surface area contributed by atoms with Gasteiger partial charge in [-0.05, 0) is 177 Å². The number of halogens is 8. The molecule has 2 N–H and O–H groups in total. The van der Waals surface area contributed by atoms with Crippen LogP contribution in [0.3, 0.4) is 0 Å². The molecule has 4 aromatic rings. The van der Waals surface area contributed by atoms with Crippen molar-refractivity contribution in [1.29, 1.82) is 0 Å². The molecule has 0 bridgehead atoms. The van der Waals surface area contributed by atoms with Gasteiger partial charge in [-0.25, -0.2) is 35.6 Å². The van der Waals surface area contributed by atoms with Crippen LogP contribution >= 0.6 is 0 Å². The molecular weight excluding hydrogens is 1670 g/mol. The van der Waals surface area contributed by atoms with E-state index in [1.165, 1.54) is 9.80 Å². The molecule has 4 amide bonds. The Kier molecular flexibility index (Phi) is 26.4. The Hall–Kier alpha value is -8.96.